The number of amides is 2. The highest BCUT2D eigenvalue weighted by atomic mass is 16.4. The lowest BCUT2D eigenvalue weighted by molar-refractivity contribution is -0.137. The minimum absolute atomic E-state index is 0.0954. The van der Waals surface area contributed by atoms with Crippen LogP contribution >= 0.6 is 0 Å². The van der Waals surface area contributed by atoms with Crippen LogP contribution in [0.2, 0.25) is 0 Å². The molecule has 0 spiro atoms. The summed E-state index contributed by atoms with van der Waals surface area (Å²) >= 11 is 0. The molecule has 0 saturated heterocycles. The van der Waals surface area contributed by atoms with Crippen molar-refractivity contribution in [2.75, 3.05) is 6.54 Å². The van der Waals surface area contributed by atoms with Crippen molar-refractivity contribution in [3.63, 3.8) is 0 Å². The number of imide groups is 1. The van der Waals surface area contributed by atoms with Crippen molar-refractivity contribution in [1.29, 1.82) is 0 Å². The number of hydrogen-bond acceptors (Lipinski definition) is 5. The molecule has 2 rings (SSSR count). The van der Waals surface area contributed by atoms with Crippen molar-refractivity contribution < 1.29 is 19.5 Å². The molecule has 0 radical (unpaired) electrons. The van der Waals surface area contributed by atoms with E-state index in [2.05, 4.69) is 9.97 Å². The Kier molecular flexibility index (Phi) is 3.84. The lowest BCUT2D eigenvalue weighted by Gasteiger charge is -2.12. The van der Waals surface area contributed by atoms with E-state index in [1.54, 1.807) is 0 Å². The fraction of sp³-hybridized carbons (Fsp3) is 0.417. The predicted octanol–water partition coefficient (Wildman–Crippen LogP) is 0.718. The van der Waals surface area contributed by atoms with Crippen molar-refractivity contribution in [3.05, 3.63) is 23.8 Å². The Labute approximate surface area is 109 Å². The van der Waals surface area contributed by atoms with E-state index >= 15 is 0 Å². The number of carbonyl (C=O) groups excluding carboxylic acids is 2. The van der Waals surface area contributed by atoms with Gasteiger partial charge in [0.1, 0.15) is 0 Å². The van der Waals surface area contributed by atoms with Gasteiger partial charge in [-0.25, -0.2) is 9.97 Å². The molecule has 1 N–H and O–H groups in total. The number of fused-ring (bicyclic) bond motifs is 1. The average Bonchev–Trinajstić information content (AvgIpc) is 2.63. The van der Waals surface area contributed by atoms with Gasteiger partial charge in [0.25, 0.3) is 11.8 Å². The second-order valence-corrected chi connectivity index (χ2v) is 4.22. The van der Waals surface area contributed by atoms with Gasteiger partial charge in [0.2, 0.25) is 0 Å². The van der Waals surface area contributed by atoms with Crippen LogP contribution in [-0.4, -0.2) is 44.3 Å². The largest absolute Gasteiger partial charge is 0.481 e. The monoisotopic (exact) mass is 263 g/mol. The third kappa shape index (κ3) is 2.75. The van der Waals surface area contributed by atoms with Crippen LogP contribution in [0.15, 0.2) is 12.4 Å². The number of carboxylic acid groups (broad SMARTS) is 1. The molecule has 0 aromatic carbocycles. The molecule has 0 saturated carbocycles. The number of unbranched alkanes of at least 4 members (excludes halogenated alkanes) is 2. The van der Waals surface area contributed by atoms with Crippen LogP contribution in [0.3, 0.4) is 0 Å². The number of aliphatic carboxylic acids is 1. The Bertz CT molecular complexity index is 494. The first-order chi connectivity index (χ1) is 9.11. The zero-order chi connectivity index (χ0) is 13.8. The molecule has 0 atom stereocenters. The van der Waals surface area contributed by atoms with Gasteiger partial charge >= 0.3 is 5.97 Å². The molecule has 19 heavy (non-hydrogen) atoms. The molecule has 0 fully saturated rings. The Hall–Kier alpha value is -2.31. The van der Waals surface area contributed by atoms with Crippen LogP contribution in [0.5, 0.6) is 0 Å². The smallest absolute Gasteiger partial charge is 0.303 e. The first kappa shape index (κ1) is 13.1. The van der Waals surface area contributed by atoms with Crippen molar-refractivity contribution >= 4 is 17.8 Å². The molecule has 2 amide bonds. The van der Waals surface area contributed by atoms with Crippen molar-refractivity contribution in [3.8, 4) is 0 Å². The number of nitrogens with zero attached hydrogens (tertiary/aromatic N) is 3. The number of rotatable bonds is 6. The number of aromatic nitrogens is 2. The third-order valence-corrected chi connectivity index (χ3v) is 2.87. The minimum Gasteiger partial charge on any atom is -0.481 e. The SMILES string of the molecule is O=C(O)CCCCCN1C(=O)c2nccnc2C1=O. The molecule has 0 aliphatic carbocycles. The van der Waals surface area contributed by atoms with Gasteiger partial charge in [0.05, 0.1) is 0 Å². The average molecular weight is 263 g/mol. The molecule has 1 aliphatic heterocycles. The van der Waals surface area contributed by atoms with Gasteiger partial charge < -0.3 is 5.11 Å². The van der Waals surface area contributed by atoms with E-state index in [4.69, 9.17) is 5.11 Å². The van der Waals surface area contributed by atoms with Crippen LogP contribution < -0.4 is 0 Å². The van der Waals surface area contributed by atoms with E-state index in [1.165, 1.54) is 12.4 Å². The highest BCUT2D eigenvalue weighted by Gasteiger charge is 2.37. The molecule has 0 unspecified atom stereocenters. The van der Waals surface area contributed by atoms with Gasteiger partial charge in [-0.15, -0.1) is 0 Å². The van der Waals surface area contributed by atoms with Gasteiger partial charge in [-0.2, -0.15) is 0 Å². The molecule has 7 nitrogen and oxygen atoms in total. The van der Waals surface area contributed by atoms with Crippen molar-refractivity contribution in [2.24, 2.45) is 0 Å². The molecular weight excluding hydrogens is 250 g/mol. The Morgan fingerprint density at radius 2 is 1.63 bits per heavy atom. The van der Waals surface area contributed by atoms with Crippen LogP contribution in [0.4, 0.5) is 0 Å². The van der Waals surface area contributed by atoms with Crippen LogP contribution in [0.1, 0.15) is 46.7 Å². The van der Waals surface area contributed by atoms with E-state index in [0.717, 1.165) is 4.90 Å². The normalized spacial score (nSPS) is 13.8. The predicted molar refractivity (Wildman–Crippen MR) is 63.5 cm³/mol. The maximum absolute atomic E-state index is 11.9. The minimum atomic E-state index is -0.839. The fourth-order valence-electron chi connectivity index (χ4n) is 1.92. The number of hydrogen-bond donors (Lipinski definition) is 1. The standard InChI is InChI=1S/C12H13N3O4/c16-8(17)4-2-1-3-7-15-11(18)9-10(12(15)19)14-6-5-13-9/h5-6H,1-4,7H2,(H,16,17). The molecule has 1 aromatic heterocycles. The number of carbonyl (C=O) groups is 3. The molecular formula is C12H13N3O4. The van der Waals surface area contributed by atoms with Crippen molar-refractivity contribution in [1.82, 2.24) is 14.9 Å². The summed E-state index contributed by atoms with van der Waals surface area (Å²) in [6.07, 6.45) is 4.63. The zero-order valence-corrected chi connectivity index (χ0v) is 10.2. The number of carboxylic acids is 1. The Morgan fingerprint density at radius 1 is 1.05 bits per heavy atom. The van der Waals surface area contributed by atoms with Gasteiger partial charge in [-0.05, 0) is 12.8 Å². The summed E-state index contributed by atoms with van der Waals surface area (Å²) in [5.41, 5.74) is 0.191. The van der Waals surface area contributed by atoms with E-state index in [1.807, 2.05) is 0 Å². The maximum atomic E-state index is 11.9. The molecule has 1 aromatic rings. The van der Waals surface area contributed by atoms with Gasteiger partial charge in [0, 0.05) is 25.4 Å². The second-order valence-electron chi connectivity index (χ2n) is 4.22. The summed E-state index contributed by atoms with van der Waals surface area (Å²) in [7, 11) is 0. The topological polar surface area (TPSA) is 100 Å². The Morgan fingerprint density at radius 3 is 2.16 bits per heavy atom. The first-order valence-electron chi connectivity index (χ1n) is 6.00. The highest BCUT2D eigenvalue weighted by molar-refractivity contribution is 6.19. The zero-order valence-electron chi connectivity index (χ0n) is 10.2. The summed E-state index contributed by atoms with van der Waals surface area (Å²) in [5.74, 6) is -1.69. The van der Waals surface area contributed by atoms with Gasteiger partial charge in [-0.1, -0.05) is 6.42 Å². The molecule has 0 bridgehead atoms. The van der Waals surface area contributed by atoms with Gasteiger partial charge in [0.15, 0.2) is 11.4 Å². The summed E-state index contributed by atoms with van der Waals surface area (Å²) < 4.78 is 0. The summed E-state index contributed by atoms with van der Waals surface area (Å²) in [4.78, 5) is 42.9. The first-order valence-corrected chi connectivity index (χ1v) is 6.00. The molecule has 7 heteroatoms. The van der Waals surface area contributed by atoms with Crippen molar-refractivity contribution in [2.45, 2.75) is 25.7 Å². The summed E-state index contributed by atoms with van der Waals surface area (Å²) in [6, 6.07) is 0. The molecule has 2 heterocycles. The van der Waals surface area contributed by atoms with E-state index < -0.39 is 17.8 Å². The fourth-order valence-corrected chi connectivity index (χ4v) is 1.92. The third-order valence-electron chi connectivity index (χ3n) is 2.87. The second kappa shape index (κ2) is 5.55. The molecule has 100 valence electrons. The van der Waals surface area contributed by atoms with Crippen LogP contribution in [-0.2, 0) is 4.79 Å². The maximum Gasteiger partial charge on any atom is 0.303 e. The lowest BCUT2D eigenvalue weighted by Crippen LogP contribution is -2.31. The van der Waals surface area contributed by atoms with E-state index in [9.17, 15) is 14.4 Å². The van der Waals surface area contributed by atoms with Crippen LogP contribution in [0.25, 0.3) is 0 Å². The van der Waals surface area contributed by atoms with E-state index in [-0.39, 0.29) is 24.4 Å². The van der Waals surface area contributed by atoms with Gasteiger partial charge in [-0.3, -0.25) is 19.3 Å². The lowest BCUT2D eigenvalue weighted by atomic mass is 10.2. The Balaban J connectivity index is 1.88. The summed E-state index contributed by atoms with van der Waals surface area (Å²) in [6.45, 7) is 0.273. The highest BCUT2D eigenvalue weighted by Crippen LogP contribution is 2.18. The quantitative estimate of drug-likeness (QED) is 0.599. The summed E-state index contributed by atoms with van der Waals surface area (Å²) in [5, 5.41) is 8.49. The van der Waals surface area contributed by atoms with Crippen LogP contribution in [0, 0.1) is 0 Å². The van der Waals surface area contributed by atoms with E-state index in [0.29, 0.717) is 19.3 Å². The molecule has 1 aliphatic rings.